The summed E-state index contributed by atoms with van der Waals surface area (Å²) >= 11 is 0. The third-order valence-corrected chi connectivity index (χ3v) is 4.56. The predicted octanol–water partition coefficient (Wildman–Crippen LogP) is 1.10. The number of quaternary nitrogens is 1. The highest BCUT2D eigenvalue weighted by Gasteiger charge is 2.48. The van der Waals surface area contributed by atoms with E-state index in [-0.39, 0.29) is 5.48 Å². The minimum Gasteiger partial charge on any atom is -0.870 e. The Morgan fingerprint density at radius 1 is 1.08 bits per heavy atom. The second-order valence-corrected chi connectivity index (χ2v) is 6.11. The number of benzene rings is 2. The van der Waals surface area contributed by atoms with Crippen LogP contribution in [0.2, 0.25) is 0 Å². The summed E-state index contributed by atoms with van der Waals surface area (Å²) in [5.74, 6) is 0. The number of nitrogens with two attached hydrogens (primary N) is 1. The molecule has 9 heteroatoms. The maximum atomic E-state index is 11.6. The fourth-order valence-corrected chi connectivity index (χ4v) is 3.33. The monoisotopic (exact) mass is 357 g/mol. The molecule has 2 aliphatic heterocycles. The van der Waals surface area contributed by atoms with Gasteiger partial charge in [0.1, 0.15) is 17.1 Å². The lowest BCUT2D eigenvalue weighted by molar-refractivity contribution is -0.663. The Bertz CT molecular complexity index is 883. The van der Waals surface area contributed by atoms with Gasteiger partial charge in [-0.25, -0.2) is 10.1 Å². The maximum absolute atomic E-state index is 11.6. The Morgan fingerprint density at radius 2 is 1.69 bits per heavy atom. The van der Waals surface area contributed by atoms with E-state index in [0.29, 0.717) is 22.8 Å². The van der Waals surface area contributed by atoms with E-state index in [1.54, 1.807) is 35.7 Å². The van der Waals surface area contributed by atoms with Crippen LogP contribution in [0.1, 0.15) is 12.5 Å². The highest BCUT2D eigenvalue weighted by atomic mass is 16.7. The fourth-order valence-electron chi connectivity index (χ4n) is 3.33. The van der Waals surface area contributed by atoms with Gasteiger partial charge in [-0.05, 0) is 38.1 Å². The summed E-state index contributed by atoms with van der Waals surface area (Å²) in [6.45, 7) is 3.64. The van der Waals surface area contributed by atoms with Gasteiger partial charge in [-0.1, -0.05) is 34.8 Å². The fraction of sp³-hybridized carbons (Fsp3) is 0.176. The van der Waals surface area contributed by atoms with Gasteiger partial charge >= 0.3 is 0 Å². The first-order chi connectivity index (χ1) is 12.0. The number of hydrazine groups is 1. The standard InChI is InChI=1S/C17H17N5O3.H2O/c1-11-7-9-13(10-8-11)19-17(23)16-12(2)21(22(24)25)15-6-4-3-5-14(15)20(16)18-19;/h3-10,17-18,23H,1-2H3;1H2. The van der Waals surface area contributed by atoms with Crippen molar-refractivity contribution in [3.8, 4) is 0 Å². The average molecular weight is 357 g/mol. The molecule has 0 spiro atoms. The Balaban J connectivity index is 0.00000196. The van der Waals surface area contributed by atoms with Crippen LogP contribution in [0.25, 0.3) is 0 Å². The molecule has 9 nitrogen and oxygen atoms in total. The van der Waals surface area contributed by atoms with Gasteiger partial charge in [-0.2, -0.15) is 10.0 Å². The van der Waals surface area contributed by atoms with Gasteiger partial charge in [0.25, 0.3) is 0 Å². The quantitative estimate of drug-likeness (QED) is 0.469. The number of anilines is 3. The highest BCUT2D eigenvalue weighted by molar-refractivity contribution is 5.77. The highest BCUT2D eigenvalue weighted by Crippen LogP contribution is 2.40. The summed E-state index contributed by atoms with van der Waals surface area (Å²) in [4.78, 5) is 11.6. The van der Waals surface area contributed by atoms with E-state index >= 15 is 0 Å². The molecule has 2 aromatic carbocycles. The molecule has 4 N–H and O–H groups in total. The SMILES string of the molecule is CC1=C2C(O)N(c3ccc(C)cc3)[NH2+]N2c2ccccc2N1[N+](=O)[O-].[OH-]. The van der Waals surface area contributed by atoms with Crippen LogP contribution in [-0.2, 0) is 0 Å². The zero-order valence-electron chi connectivity index (χ0n) is 14.3. The van der Waals surface area contributed by atoms with Crippen LogP contribution in [0.15, 0.2) is 59.9 Å². The van der Waals surface area contributed by atoms with Gasteiger partial charge < -0.3 is 10.6 Å². The van der Waals surface area contributed by atoms with Crippen molar-refractivity contribution in [1.29, 1.82) is 0 Å². The van der Waals surface area contributed by atoms with E-state index < -0.39 is 11.3 Å². The van der Waals surface area contributed by atoms with Crippen molar-refractivity contribution < 1.29 is 21.1 Å². The van der Waals surface area contributed by atoms with Gasteiger partial charge in [-0.15, -0.1) is 5.53 Å². The zero-order valence-corrected chi connectivity index (χ0v) is 14.3. The summed E-state index contributed by atoms with van der Waals surface area (Å²) in [5.41, 5.74) is 5.73. The molecule has 4 rings (SSSR count). The van der Waals surface area contributed by atoms with E-state index in [4.69, 9.17) is 0 Å². The minimum atomic E-state index is -1.00. The van der Waals surface area contributed by atoms with Crippen molar-refractivity contribution in [2.75, 3.05) is 15.0 Å². The smallest absolute Gasteiger partial charge is 0.224 e. The van der Waals surface area contributed by atoms with Gasteiger partial charge in [0.2, 0.25) is 6.23 Å². The van der Waals surface area contributed by atoms with E-state index in [0.717, 1.165) is 16.3 Å². The van der Waals surface area contributed by atoms with Crippen LogP contribution >= 0.6 is 0 Å². The molecule has 0 radical (unpaired) electrons. The lowest BCUT2D eigenvalue weighted by atomic mass is 10.1. The first kappa shape index (κ1) is 17.7. The summed E-state index contributed by atoms with van der Waals surface area (Å²) < 4.78 is 0. The molecule has 136 valence electrons. The number of aryl methyl sites for hydroxylation is 1. The molecule has 1 unspecified atom stereocenters. The van der Waals surface area contributed by atoms with Crippen molar-refractivity contribution in [2.24, 2.45) is 0 Å². The first-order valence-corrected chi connectivity index (χ1v) is 7.90. The van der Waals surface area contributed by atoms with Crippen LogP contribution in [-0.4, -0.2) is 21.8 Å². The molecule has 0 bridgehead atoms. The number of para-hydroxylation sites is 2. The molecular formula is C17H19N5O4. The number of aliphatic hydroxyl groups excluding tert-OH is 1. The summed E-state index contributed by atoms with van der Waals surface area (Å²) in [6.07, 6.45) is -1.00. The zero-order chi connectivity index (χ0) is 17.7. The van der Waals surface area contributed by atoms with Crippen molar-refractivity contribution >= 4 is 17.1 Å². The predicted molar refractivity (Wildman–Crippen MR) is 94.6 cm³/mol. The molecule has 2 aromatic rings. The number of hydrogen-bond donors (Lipinski definition) is 2. The van der Waals surface area contributed by atoms with E-state index in [1.807, 2.05) is 42.3 Å². The van der Waals surface area contributed by atoms with Crippen molar-refractivity contribution in [1.82, 2.24) is 0 Å². The third kappa shape index (κ3) is 2.46. The minimum absolute atomic E-state index is 0. The van der Waals surface area contributed by atoms with Gasteiger partial charge in [0, 0.05) is 0 Å². The normalized spacial score (nSPS) is 18.4. The molecule has 2 heterocycles. The van der Waals surface area contributed by atoms with E-state index in [9.17, 15) is 15.2 Å². The lowest BCUT2D eigenvalue weighted by Crippen LogP contribution is -2.99. The van der Waals surface area contributed by atoms with Crippen LogP contribution in [0, 0.1) is 17.0 Å². The van der Waals surface area contributed by atoms with Crippen molar-refractivity contribution in [3.05, 3.63) is 75.6 Å². The Hall–Kier alpha value is -3.14. The largest absolute Gasteiger partial charge is 0.870 e. The van der Waals surface area contributed by atoms with Crippen molar-refractivity contribution in [2.45, 2.75) is 20.1 Å². The lowest BCUT2D eigenvalue weighted by Gasteiger charge is -2.28. The number of aliphatic hydroxyl groups is 1. The number of hydrogen-bond acceptors (Lipinski definition) is 6. The second kappa shape index (κ2) is 6.30. The number of allylic oxidation sites excluding steroid dienone is 1. The average Bonchev–Trinajstić information content (AvgIpc) is 2.94. The molecule has 0 amide bonds. The van der Waals surface area contributed by atoms with Crippen LogP contribution in [0.4, 0.5) is 17.1 Å². The second-order valence-electron chi connectivity index (χ2n) is 6.11. The molecule has 0 saturated carbocycles. The summed E-state index contributed by atoms with van der Waals surface area (Å²) in [7, 11) is 0. The van der Waals surface area contributed by atoms with Gasteiger partial charge in [0.15, 0.2) is 10.7 Å². The molecule has 1 atom stereocenters. The third-order valence-electron chi connectivity index (χ3n) is 4.56. The molecule has 0 aliphatic carbocycles. The summed E-state index contributed by atoms with van der Waals surface area (Å²) in [6, 6.07) is 14.9. The maximum Gasteiger partial charge on any atom is 0.224 e. The molecule has 26 heavy (non-hydrogen) atoms. The van der Waals surface area contributed by atoms with Gasteiger partial charge in [-0.3, -0.25) is 0 Å². The molecular weight excluding hydrogens is 338 g/mol. The molecule has 1 fully saturated rings. The Labute approximate surface area is 149 Å². The Kier molecular flexibility index (Phi) is 4.28. The van der Waals surface area contributed by atoms with Crippen LogP contribution in [0.3, 0.4) is 0 Å². The number of nitrogens with zero attached hydrogens (tertiary/aromatic N) is 4. The Morgan fingerprint density at radius 3 is 2.31 bits per heavy atom. The molecule has 1 saturated heterocycles. The molecule has 0 aromatic heterocycles. The number of fused-ring (bicyclic) bond motifs is 3. The first-order valence-electron chi connectivity index (χ1n) is 7.90. The summed E-state index contributed by atoms with van der Waals surface area (Å²) in [5, 5.41) is 26.5. The number of nitro groups is 1. The van der Waals surface area contributed by atoms with Crippen LogP contribution < -0.4 is 20.6 Å². The van der Waals surface area contributed by atoms with Crippen molar-refractivity contribution in [3.63, 3.8) is 0 Å². The number of rotatable bonds is 2. The van der Waals surface area contributed by atoms with E-state index in [1.165, 1.54) is 0 Å². The molecule has 2 aliphatic rings. The van der Waals surface area contributed by atoms with Crippen LogP contribution in [0.5, 0.6) is 0 Å². The topological polar surface area (TPSA) is 120 Å². The van der Waals surface area contributed by atoms with Gasteiger partial charge in [0.05, 0.1) is 5.69 Å². The van der Waals surface area contributed by atoms with E-state index in [2.05, 4.69) is 0 Å².